The molecule has 1 N–H and O–H groups in total. The summed E-state index contributed by atoms with van der Waals surface area (Å²) in [7, 11) is 0. The van der Waals surface area contributed by atoms with Gasteiger partial charge in [-0.1, -0.05) is 30.3 Å². The summed E-state index contributed by atoms with van der Waals surface area (Å²) in [5.41, 5.74) is 1.21. The van der Waals surface area contributed by atoms with Gasteiger partial charge in [0.1, 0.15) is 12.6 Å². The second-order valence-electron chi connectivity index (χ2n) is 7.90. The van der Waals surface area contributed by atoms with Crippen molar-refractivity contribution in [2.45, 2.75) is 70.0 Å². The summed E-state index contributed by atoms with van der Waals surface area (Å²) < 4.78 is 0. The van der Waals surface area contributed by atoms with Crippen LogP contribution in [-0.4, -0.2) is 63.8 Å². The Labute approximate surface area is 166 Å². The van der Waals surface area contributed by atoms with Gasteiger partial charge in [0.15, 0.2) is 5.78 Å². The molecule has 2 fully saturated rings. The number of likely N-dealkylation sites (tertiary alicyclic amines) is 2. The van der Waals surface area contributed by atoms with Crippen LogP contribution >= 0.6 is 0 Å². The van der Waals surface area contributed by atoms with Gasteiger partial charge in [-0.25, -0.2) is 0 Å². The molecule has 0 unspecified atom stereocenters. The highest BCUT2D eigenvalue weighted by molar-refractivity contribution is 5.94. The molecule has 3 atom stereocenters. The van der Waals surface area contributed by atoms with E-state index in [1.165, 1.54) is 5.56 Å². The highest BCUT2D eigenvalue weighted by Crippen LogP contribution is 2.29. The van der Waals surface area contributed by atoms with Crippen molar-refractivity contribution in [2.75, 3.05) is 13.2 Å². The van der Waals surface area contributed by atoms with Crippen LogP contribution in [0.5, 0.6) is 0 Å². The second-order valence-corrected chi connectivity index (χ2v) is 7.90. The Balaban J connectivity index is 1.61. The number of hydrogen-bond donors (Lipinski definition) is 1. The van der Waals surface area contributed by atoms with E-state index in [0.29, 0.717) is 25.8 Å². The first-order valence-corrected chi connectivity index (χ1v) is 10.3. The Morgan fingerprint density at radius 2 is 1.82 bits per heavy atom. The van der Waals surface area contributed by atoms with Gasteiger partial charge in [-0.15, -0.1) is 0 Å². The molecule has 1 aromatic rings. The van der Waals surface area contributed by atoms with Gasteiger partial charge in [0, 0.05) is 19.0 Å². The third-order valence-corrected chi connectivity index (χ3v) is 6.00. The molecule has 28 heavy (non-hydrogen) atoms. The number of aryl methyl sites for hydroxylation is 1. The van der Waals surface area contributed by atoms with Crippen LogP contribution in [0.15, 0.2) is 30.3 Å². The minimum Gasteiger partial charge on any atom is -0.389 e. The van der Waals surface area contributed by atoms with E-state index in [1.807, 2.05) is 25.1 Å². The van der Waals surface area contributed by atoms with E-state index < -0.39 is 18.7 Å². The van der Waals surface area contributed by atoms with Crippen molar-refractivity contribution in [3.05, 3.63) is 35.9 Å². The minimum atomic E-state index is -0.544. The van der Waals surface area contributed by atoms with E-state index in [0.717, 1.165) is 25.7 Å². The normalized spacial score (nSPS) is 24.6. The fourth-order valence-corrected chi connectivity index (χ4v) is 4.53. The number of carbonyl (C=O) groups is 3. The zero-order chi connectivity index (χ0) is 20.1. The third-order valence-electron chi connectivity index (χ3n) is 6.00. The van der Waals surface area contributed by atoms with Crippen molar-refractivity contribution in [1.82, 2.24) is 9.80 Å². The van der Waals surface area contributed by atoms with Gasteiger partial charge >= 0.3 is 0 Å². The average Bonchev–Trinajstić information content (AvgIpc) is 3.34. The molecule has 2 amide bonds. The number of aliphatic hydroxyl groups is 1. The molecule has 2 aliphatic heterocycles. The molecule has 0 radical (unpaired) electrons. The van der Waals surface area contributed by atoms with Crippen LogP contribution in [0.1, 0.15) is 51.0 Å². The first-order valence-electron chi connectivity index (χ1n) is 10.3. The summed E-state index contributed by atoms with van der Waals surface area (Å²) in [6.07, 6.45) is 4.80. The SMILES string of the molecule is C[C@@H]1CC[C@@H](C(=O)N2CCC[C@H]2C(=O)CO)N1C(=O)CCCc1ccccc1. The van der Waals surface area contributed by atoms with Crippen LogP contribution in [0.4, 0.5) is 0 Å². The maximum atomic E-state index is 13.1. The van der Waals surface area contributed by atoms with Crippen LogP contribution < -0.4 is 0 Å². The average molecular weight is 386 g/mol. The standard InChI is InChI=1S/C22H30N2O4/c1-16-12-13-19(22(28)23-14-6-10-18(23)20(26)15-25)24(16)21(27)11-5-9-17-7-3-2-4-8-17/h2-4,7-8,16,18-19,25H,5-6,9-15H2,1H3/t16-,18+,19+/m1/s1. The topological polar surface area (TPSA) is 77.9 Å². The van der Waals surface area contributed by atoms with Crippen LogP contribution in [0.2, 0.25) is 0 Å². The summed E-state index contributed by atoms with van der Waals surface area (Å²) in [6, 6.07) is 9.09. The molecular formula is C22H30N2O4. The lowest BCUT2D eigenvalue weighted by atomic mass is 10.1. The smallest absolute Gasteiger partial charge is 0.246 e. The summed E-state index contributed by atoms with van der Waals surface area (Å²) in [6.45, 7) is 1.97. The van der Waals surface area contributed by atoms with Crippen molar-refractivity contribution >= 4 is 17.6 Å². The molecule has 1 aromatic carbocycles. The van der Waals surface area contributed by atoms with Crippen LogP contribution in [0, 0.1) is 0 Å². The monoisotopic (exact) mass is 386 g/mol. The van der Waals surface area contributed by atoms with Crippen molar-refractivity contribution in [2.24, 2.45) is 0 Å². The predicted octanol–water partition coefficient (Wildman–Crippen LogP) is 1.94. The van der Waals surface area contributed by atoms with Crippen LogP contribution in [0.25, 0.3) is 0 Å². The van der Waals surface area contributed by atoms with E-state index in [1.54, 1.807) is 9.80 Å². The molecule has 2 aliphatic rings. The predicted molar refractivity (Wildman–Crippen MR) is 106 cm³/mol. The van der Waals surface area contributed by atoms with Crippen molar-refractivity contribution < 1.29 is 19.5 Å². The molecule has 0 aromatic heterocycles. The second kappa shape index (κ2) is 9.32. The number of Topliss-reactive ketones (excluding diaryl/α,β-unsaturated/α-hetero) is 1. The lowest BCUT2D eigenvalue weighted by Crippen LogP contribution is -2.52. The van der Waals surface area contributed by atoms with Crippen LogP contribution in [0.3, 0.4) is 0 Å². The number of benzene rings is 1. The third kappa shape index (κ3) is 4.43. The van der Waals surface area contributed by atoms with Gasteiger partial charge in [-0.3, -0.25) is 14.4 Å². The molecule has 152 valence electrons. The van der Waals surface area contributed by atoms with Gasteiger partial charge in [0.25, 0.3) is 0 Å². The van der Waals surface area contributed by atoms with Crippen LogP contribution in [-0.2, 0) is 20.8 Å². The van der Waals surface area contributed by atoms with E-state index in [-0.39, 0.29) is 23.6 Å². The minimum absolute atomic E-state index is 0.0171. The largest absolute Gasteiger partial charge is 0.389 e. The summed E-state index contributed by atoms with van der Waals surface area (Å²) in [4.78, 5) is 41.3. The lowest BCUT2D eigenvalue weighted by Gasteiger charge is -2.32. The molecule has 0 spiro atoms. The molecule has 3 rings (SSSR count). The number of ketones is 1. The highest BCUT2D eigenvalue weighted by atomic mass is 16.3. The highest BCUT2D eigenvalue weighted by Gasteiger charge is 2.43. The fraction of sp³-hybridized carbons (Fsp3) is 0.591. The van der Waals surface area contributed by atoms with E-state index in [4.69, 9.17) is 0 Å². The van der Waals surface area contributed by atoms with E-state index in [2.05, 4.69) is 12.1 Å². The number of rotatable bonds is 7. The van der Waals surface area contributed by atoms with E-state index >= 15 is 0 Å². The summed E-state index contributed by atoms with van der Waals surface area (Å²) >= 11 is 0. The molecule has 2 saturated heterocycles. The zero-order valence-electron chi connectivity index (χ0n) is 16.5. The quantitative estimate of drug-likeness (QED) is 0.777. The van der Waals surface area contributed by atoms with Gasteiger partial charge < -0.3 is 14.9 Å². The number of nitrogens with zero attached hydrogens (tertiary/aromatic N) is 2. The summed E-state index contributed by atoms with van der Waals surface area (Å²) in [5, 5.41) is 9.18. The lowest BCUT2D eigenvalue weighted by molar-refractivity contribution is -0.147. The van der Waals surface area contributed by atoms with Gasteiger partial charge in [0.2, 0.25) is 11.8 Å². The Morgan fingerprint density at radius 3 is 2.54 bits per heavy atom. The fourth-order valence-electron chi connectivity index (χ4n) is 4.53. The zero-order valence-corrected chi connectivity index (χ0v) is 16.5. The Kier molecular flexibility index (Phi) is 6.83. The molecule has 0 bridgehead atoms. The molecule has 6 nitrogen and oxygen atoms in total. The van der Waals surface area contributed by atoms with Crippen molar-refractivity contribution in [3.8, 4) is 0 Å². The number of hydrogen-bond acceptors (Lipinski definition) is 4. The van der Waals surface area contributed by atoms with E-state index in [9.17, 15) is 19.5 Å². The molecule has 2 heterocycles. The van der Waals surface area contributed by atoms with Crippen molar-refractivity contribution in [3.63, 3.8) is 0 Å². The van der Waals surface area contributed by atoms with Gasteiger partial charge in [-0.05, 0) is 51.0 Å². The first-order chi connectivity index (χ1) is 13.5. The maximum absolute atomic E-state index is 13.1. The van der Waals surface area contributed by atoms with Crippen molar-refractivity contribution in [1.29, 1.82) is 0 Å². The molecule has 6 heteroatoms. The number of carbonyl (C=O) groups excluding carboxylic acids is 3. The Hall–Kier alpha value is -2.21. The van der Waals surface area contributed by atoms with Gasteiger partial charge in [-0.2, -0.15) is 0 Å². The van der Waals surface area contributed by atoms with Gasteiger partial charge in [0.05, 0.1) is 6.04 Å². The Morgan fingerprint density at radius 1 is 1.07 bits per heavy atom. The molecule has 0 aliphatic carbocycles. The molecule has 0 saturated carbocycles. The molecular weight excluding hydrogens is 356 g/mol. The number of aliphatic hydroxyl groups excluding tert-OH is 1. The number of amides is 2. The Bertz CT molecular complexity index is 706. The first kappa shape index (κ1) is 20.5. The maximum Gasteiger partial charge on any atom is 0.246 e. The summed E-state index contributed by atoms with van der Waals surface area (Å²) in [5.74, 6) is -0.425.